The molecule has 1 saturated heterocycles. The van der Waals surface area contributed by atoms with Gasteiger partial charge in [0.1, 0.15) is 20.1 Å². The van der Waals surface area contributed by atoms with Gasteiger partial charge in [0.05, 0.1) is 13.0 Å². The van der Waals surface area contributed by atoms with Crippen molar-refractivity contribution in [3.8, 4) is 0 Å². The molecule has 1 fully saturated rings. The fraction of sp³-hybridized carbons (Fsp3) is 0.857. The third kappa shape index (κ3) is 7.42. The molecule has 0 aromatic heterocycles. The van der Waals surface area contributed by atoms with E-state index in [0.717, 1.165) is 0 Å². The number of carbonyl (C=O) groups excluding carboxylic acids is 2. The van der Waals surface area contributed by atoms with Crippen LogP contribution in [0.1, 0.15) is 26.2 Å². The highest BCUT2D eigenvalue weighted by atomic mass is 28.4. The Labute approximate surface area is 134 Å². The molecule has 1 amide bonds. The Hall–Kier alpha value is -0.858. The summed E-state index contributed by atoms with van der Waals surface area (Å²) in [5.74, 6) is -0.565. The fourth-order valence-corrected chi connectivity index (χ4v) is 2.74. The second-order valence-electron chi connectivity index (χ2n) is 6.35. The maximum Gasteiger partial charge on any atom is 0.306 e. The van der Waals surface area contributed by atoms with Crippen LogP contribution in [0.5, 0.6) is 0 Å². The van der Waals surface area contributed by atoms with E-state index >= 15 is 0 Å². The number of hydrogen-bond acceptors (Lipinski definition) is 5. The lowest BCUT2D eigenvalue weighted by atomic mass is 9.96. The van der Waals surface area contributed by atoms with Crippen LogP contribution in [0.2, 0.25) is 19.6 Å². The third-order valence-electron chi connectivity index (χ3n) is 3.12. The van der Waals surface area contributed by atoms with E-state index in [0.29, 0.717) is 19.6 Å². The van der Waals surface area contributed by atoms with E-state index in [2.05, 4.69) is 25.0 Å². The predicted molar refractivity (Wildman–Crippen MR) is 86.1 cm³/mol. The standard InChI is InChI=1S/C14H26BNO5Si/c1-5-16-13(17)6-7-14(18)21-10-8-12(15)20-11(10)9-19-22(2,3)4/h10-12H,5-9H2,1-4H3,(H,16,17)/t10-,11-,12-/m1/s1. The van der Waals surface area contributed by atoms with E-state index in [1.807, 2.05) is 6.92 Å². The molecule has 1 aliphatic rings. The molecule has 124 valence electrons. The minimum Gasteiger partial charge on any atom is -0.459 e. The molecule has 0 unspecified atom stereocenters. The lowest BCUT2D eigenvalue weighted by Crippen LogP contribution is -2.36. The van der Waals surface area contributed by atoms with Crippen molar-refractivity contribution in [2.24, 2.45) is 0 Å². The van der Waals surface area contributed by atoms with Crippen LogP contribution in [0.25, 0.3) is 0 Å². The Morgan fingerprint density at radius 2 is 2.00 bits per heavy atom. The van der Waals surface area contributed by atoms with E-state index < -0.39 is 26.4 Å². The van der Waals surface area contributed by atoms with Crippen molar-refractivity contribution >= 4 is 28.0 Å². The molecule has 0 aliphatic carbocycles. The Morgan fingerprint density at radius 3 is 2.59 bits per heavy atom. The zero-order valence-electron chi connectivity index (χ0n) is 13.9. The van der Waals surface area contributed by atoms with Gasteiger partial charge in [-0.25, -0.2) is 0 Å². The van der Waals surface area contributed by atoms with Gasteiger partial charge in [-0.3, -0.25) is 9.59 Å². The summed E-state index contributed by atoms with van der Waals surface area (Å²) in [6.07, 6.45) is -0.114. The first-order valence-corrected chi connectivity index (χ1v) is 11.1. The van der Waals surface area contributed by atoms with Crippen LogP contribution in [0.3, 0.4) is 0 Å². The Balaban J connectivity index is 2.40. The summed E-state index contributed by atoms with van der Waals surface area (Å²) in [6, 6.07) is -0.448. The molecule has 8 heteroatoms. The summed E-state index contributed by atoms with van der Waals surface area (Å²) in [4.78, 5) is 23.2. The van der Waals surface area contributed by atoms with E-state index in [4.69, 9.17) is 21.7 Å². The van der Waals surface area contributed by atoms with Crippen LogP contribution < -0.4 is 5.32 Å². The first-order chi connectivity index (χ1) is 10.2. The third-order valence-corrected chi connectivity index (χ3v) is 4.16. The largest absolute Gasteiger partial charge is 0.459 e. The molecule has 1 rings (SSSR count). The first kappa shape index (κ1) is 19.2. The van der Waals surface area contributed by atoms with Gasteiger partial charge in [0, 0.05) is 25.4 Å². The van der Waals surface area contributed by atoms with Gasteiger partial charge in [-0.05, 0) is 26.6 Å². The van der Waals surface area contributed by atoms with Gasteiger partial charge in [-0.2, -0.15) is 0 Å². The van der Waals surface area contributed by atoms with Crippen molar-refractivity contribution in [3.63, 3.8) is 0 Å². The highest BCUT2D eigenvalue weighted by Crippen LogP contribution is 2.23. The highest BCUT2D eigenvalue weighted by molar-refractivity contribution is 6.69. The number of hydrogen-bond donors (Lipinski definition) is 1. The van der Waals surface area contributed by atoms with Crippen LogP contribution in [-0.4, -0.2) is 59.4 Å². The summed E-state index contributed by atoms with van der Waals surface area (Å²) < 4.78 is 16.8. The van der Waals surface area contributed by atoms with Crippen molar-refractivity contribution in [1.82, 2.24) is 5.32 Å². The van der Waals surface area contributed by atoms with E-state index in [1.54, 1.807) is 0 Å². The van der Waals surface area contributed by atoms with Gasteiger partial charge in [-0.15, -0.1) is 0 Å². The molecule has 1 N–H and O–H groups in total. The molecule has 0 bridgehead atoms. The van der Waals surface area contributed by atoms with Crippen molar-refractivity contribution in [2.75, 3.05) is 13.2 Å². The lowest BCUT2D eigenvalue weighted by Gasteiger charge is -2.24. The topological polar surface area (TPSA) is 73.9 Å². The zero-order chi connectivity index (χ0) is 16.8. The zero-order valence-corrected chi connectivity index (χ0v) is 14.9. The van der Waals surface area contributed by atoms with Crippen LogP contribution in [-0.2, 0) is 23.5 Å². The van der Waals surface area contributed by atoms with Crippen molar-refractivity contribution in [1.29, 1.82) is 0 Å². The number of rotatable bonds is 8. The molecular formula is C14H26BNO5Si. The normalized spacial score (nSPS) is 25.0. The Bertz CT molecular complexity index is 388. The predicted octanol–water partition coefficient (Wildman–Crippen LogP) is 0.949. The van der Waals surface area contributed by atoms with Gasteiger partial charge in [0.2, 0.25) is 5.91 Å². The summed E-state index contributed by atoms with van der Waals surface area (Å²) in [5.41, 5.74) is 0. The van der Waals surface area contributed by atoms with Crippen LogP contribution in [0.4, 0.5) is 0 Å². The SMILES string of the molecule is [B][C@H]1C[C@@H](OC(=O)CCC(=O)NCC)[C@@H](CO[Si](C)(C)C)O1. The van der Waals surface area contributed by atoms with Crippen LogP contribution >= 0.6 is 0 Å². The Morgan fingerprint density at radius 1 is 1.32 bits per heavy atom. The van der Waals surface area contributed by atoms with E-state index in [-0.39, 0.29) is 24.9 Å². The number of esters is 1. The molecule has 22 heavy (non-hydrogen) atoms. The van der Waals surface area contributed by atoms with Gasteiger partial charge in [0.25, 0.3) is 0 Å². The van der Waals surface area contributed by atoms with Crippen LogP contribution in [0, 0.1) is 0 Å². The number of amides is 1. The summed E-state index contributed by atoms with van der Waals surface area (Å²) >= 11 is 0. The molecule has 1 heterocycles. The maximum absolute atomic E-state index is 11.8. The number of carbonyl (C=O) groups is 2. The summed E-state index contributed by atoms with van der Waals surface area (Å²) in [7, 11) is 4.10. The first-order valence-electron chi connectivity index (χ1n) is 7.72. The average Bonchev–Trinajstić information content (AvgIpc) is 2.74. The molecular weight excluding hydrogens is 301 g/mol. The molecule has 0 aromatic rings. The van der Waals surface area contributed by atoms with Gasteiger partial charge < -0.3 is 19.2 Å². The second-order valence-corrected chi connectivity index (χ2v) is 10.9. The molecule has 0 spiro atoms. The minimum absolute atomic E-state index is 0.0547. The second kappa shape index (κ2) is 8.69. The summed E-state index contributed by atoms with van der Waals surface area (Å²) in [6.45, 7) is 8.99. The molecule has 0 aromatic carbocycles. The van der Waals surface area contributed by atoms with Gasteiger partial charge in [-0.1, -0.05) is 0 Å². The maximum atomic E-state index is 11.8. The molecule has 6 nitrogen and oxygen atoms in total. The molecule has 0 saturated carbocycles. The van der Waals surface area contributed by atoms with Crippen molar-refractivity contribution in [3.05, 3.63) is 0 Å². The molecule has 2 radical (unpaired) electrons. The smallest absolute Gasteiger partial charge is 0.306 e. The van der Waals surface area contributed by atoms with Crippen LogP contribution in [0.15, 0.2) is 0 Å². The summed E-state index contributed by atoms with van der Waals surface area (Å²) in [5, 5.41) is 2.64. The molecule has 1 aliphatic heterocycles. The van der Waals surface area contributed by atoms with Crippen molar-refractivity contribution in [2.45, 2.75) is 64.0 Å². The highest BCUT2D eigenvalue weighted by Gasteiger charge is 2.36. The average molecular weight is 327 g/mol. The Kier molecular flexibility index (Phi) is 7.58. The fourth-order valence-electron chi connectivity index (χ4n) is 2.08. The van der Waals surface area contributed by atoms with Gasteiger partial charge >= 0.3 is 5.97 Å². The van der Waals surface area contributed by atoms with Gasteiger partial charge in [0.15, 0.2) is 8.32 Å². The van der Waals surface area contributed by atoms with E-state index in [1.165, 1.54) is 0 Å². The number of nitrogens with one attached hydrogen (secondary N) is 1. The number of ether oxygens (including phenoxy) is 2. The monoisotopic (exact) mass is 327 g/mol. The van der Waals surface area contributed by atoms with Crippen molar-refractivity contribution < 1.29 is 23.5 Å². The quantitative estimate of drug-likeness (QED) is 0.531. The van der Waals surface area contributed by atoms with E-state index in [9.17, 15) is 9.59 Å². The lowest BCUT2D eigenvalue weighted by molar-refractivity contribution is -0.153. The minimum atomic E-state index is -1.67. The molecule has 3 atom stereocenters.